The summed E-state index contributed by atoms with van der Waals surface area (Å²) in [7, 11) is 0. The normalized spacial score (nSPS) is 11.6. The van der Waals surface area contributed by atoms with Gasteiger partial charge in [-0.05, 0) is 48.5 Å². The third-order valence-corrected chi connectivity index (χ3v) is 4.68. The van der Waals surface area contributed by atoms with Gasteiger partial charge in [-0.2, -0.15) is 0 Å². The Morgan fingerprint density at radius 2 is 1.75 bits per heavy atom. The molecule has 3 aromatic rings. The molecule has 2 aromatic carbocycles. The molecule has 0 aliphatic heterocycles. The number of hydrogen-bond donors (Lipinski definition) is 4. The fourth-order valence-electron chi connectivity index (χ4n) is 2.83. The molecule has 4 N–H and O–H groups in total. The van der Waals surface area contributed by atoms with Crippen LogP contribution < -0.4 is 16.0 Å². The van der Waals surface area contributed by atoms with Crippen LogP contribution in [0.25, 0.3) is 11.3 Å². The first kappa shape index (κ1) is 22.9. The number of hydrogen-bond acceptors (Lipinski definition) is 5. The molecule has 1 aromatic heterocycles. The molecule has 1 heterocycles. The number of anilines is 2. The Morgan fingerprint density at radius 1 is 1.06 bits per heavy atom. The lowest BCUT2D eigenvalue weighted by Gasteiger charge is -2.16. The average Bonchev–Trinajstić information content (AvgIpc) is 3.22. The number of carbonyl (C=O) groups excluding carboxylic acids is 1. The van der Waals surface area contributed by atoms with Crippen LogP contribution >= 0.6 is 12.2 Å². The maximum Gasteiger partial charge on any atom is 0.326 e. The minimum Gasteiger partial charge on any atom is -0.480 e. The van der Waals surface area contributed by atoms with Crippen LogP contribution in [0.15, 0.2) is 59.1 Å². The van der Waals surface area contributed by atoms with E-state index in [2.05, 4.69) is 21.1 Å². The lowest BCUT2D eigenvalue weighted by atomic mass is 10.0. The van der Waals surface area contributed by atoms with Crippen LogP contribution in [0, 0.1) is 11.7 Å². The van der Waals surface area contributed by atoms with Crippen molar-refractivity contribution in [3.8, 4) is 11.3 Å². The Labute approximate surface area is 188 Å². The number of carboxylic acids is 1. The van der Waals surface area contributed by atoms with Crippen molar-refractivity contribution in [1.82, 2.24) is 10.5 Å². The topological polar surface area (TPSA) is 116 Å². The van der Waals surface area contributed by atoms with E-state index in [0.717, 1.165) is 0 Å². The first-order valence-electron chi connectivity index (χ1n) is 9.67. The maximum absolute atomic E-state index is 13.3. The monoisotopic (exact) mass is 456 g/mol. The summed E-state index contributed by atoms with van der Waals surface area (Å²) in [6, 6.07) is 13.3. The summed E-state index contributed by atoms with van der Waals surface area (Å²) < 4.78 is 18.3. The second-order valence-electron chi connectivity index (χ2n) is 7.28. The average molecular weight is 456 g/mol. The van der Waals surface area contributed by atoms with Gasteiger partial charge < -0.3 is 25.6 Å². The second-order valence-corrected chi connectivity index (χ2v) is 7.68. The number of carboxylic acid groups (broad SMARTS) is 1. The summed E-state index contributed by atoms with van der Waals surface area (Å²) in [6.45, 7) is 3.39. The Bertz CT molecular complexity index is 1130. The molecular weight excluding hydrogens is 435 g/mol. The molecule has 3 rings (SSSR count). The van der Waals surface area contributed by atoms with E-state index in [4.69, 9.17) is 16.7 Å². The van der Waals surface area contributed by atoms with Gasteiger partial charge in [0, 0.05) is 23.0 Å². The number of rotatable bonds is 7. The predicted molar refractivity (Wildman–Crippen MR) is 122 cm³/mol. The maximum atomic E-state index is 13.3. The summed E-state index contributed by atoms with van der Waals surface area (Å²) in [5.41, 5.74) is 2.31. The van der Waals surface area contributed by atoms with Crippen molar-refractivity contribution in [2.45, 2.75) is 19.9 Å². The van der Waals surface area contributed by atoms with Gasteiger partial charge in [-0.3, -0.25) is 4.79 Å². The molecule has 1 amide bonds. The summed E-state index contributed by atoms with van der Waals surface area (Å²) >= 11 is 5.23. The highest BCUT2D eigenvalue weighted by Crippen LogP contribution is 2.22. The van der Waals surface area contributed by atoms with Gasteiger partial charge in [-0.1, -0.05) is 37.2 Å². The van der Waals surface area contributed by atoms with E-state index in [-0.39, 0.29) is 17.5 Å². The summed E-state index contributed by atoms with van der Waals surface area (Å²) in [5.74, 6) is -2.53. The van der Waals surface area contributed by atoms with Crippen molar-refractivity contribution in [2.75, 3.05) is 10.6 Å². The minimum atomic E-state index is -1.12. The standard InChI is InChI=1S/C22H21FN4O4S/c1-12(2)19(21(29)30)26-20(28)18-11-17(27-31-18)13-6-8-15(9-7-13)24-22(32)25-16-5-3-4-14(23)10-16/h3-12,19H,1-2H3,(H,26,28)(H,29,30)(H2,24,25,32). The molecule has 10 heteroatoms. The number of amides is 1. The number of aliphatic carboxylic acids is 1. The highest BCUT2D eigenvalue weighted by Gasteiger charge is 2.25. The molecule has 166 valence electrons. The summed E-state index contributed by atoms with van der Waals surface area (Å²) in [6.07, 6.45) is 0. The summed E-state index contributed by atoms with van der Waals surface area (Å²) in [4.78, 5) is 23.6. The van der Waals surface area contributed by atoms with Gasteiger partial charge in [0.25, 0.3) is 5.91 Å². The van der Waals surface area contributed by atoms with Crippen LogP contribution in [-0.4, -0.2) is 33.3 Å². The van der Waals surface area contributed by atoms with Gasteiger partial charge in [0.15, 0.2) is 5.11 Å². The molecule has 0 saturated carbocycles. The van der Waals surface area contributed by atoms with E-state index in [0.29, 0.717) is 27.7 Å². The molecule has 0 bridgehead atoms. The lowest BCUT2D eigenvalue weighted by molar-refractivity contribution is -0.140. The van der Waals surface area contributed by atoms with Crippen molar-refractivity contribution in [2.24, 2.45) is 5.92 Å². The Morgan fingerprint density at radius 3 is 2.38 bits per heavy atom. The zero-order valence-electron chi connectivity index (χ0n) is 17.3. The van der Waals surface area contributed by atoms with Crippen molar-refractivity contribution < 1.29 is 23.6 Å². The van der Waals surface area contributed by atoms with Gasteiger partial charge in [0.05, 0.1) is 0 Å². The molecule has 0 radical (unpaired) electrons. The van der Waals surface area contributed by atoms with Crippen LogP contribution in [0.1, 0.15) is 24.4 Å². The van der Waals surface area contributed by atoms with Gasteiger partial charge in [-0.15, -0.1) is 0 Å². The van der Waals surface area contributed by atoms with E-state index in [1.54, 1.807) is 50.2 Å². The molecule has 32 heavy (non-hydrogen) atoms. The number of nitrogens with one attached hydrogen (secondary N) is 3. The zero-order valence-corrected chi connectivity index (χ0v) is 18.1. The third kappa shape index (κ3) is 5.88. The number of nitrogens with zero attached hydrogens (tertiary/aromatic N) is 1. The highest BCUT2D eigenvalue weighted by molar-refractivity contribution is 7.80. The van der Waals surface area contributed by atoms with Crippen molar-refractivity contribution in [1.29, 1.82) is 0 Å². The predicted octanol–water partition coefficient (Wildman–Crippen LogP) is 4.13. The van der Waals surface area contributed by atoms with Crippen LogP contribution in [0.2, 0.25) is 0 Å². The van der Waals surface area contributed by atoms with Gasteiger partial charge in [0.2, 0.25) is 5.76 Å². The first-order chi connectivity index (χ1) is 15.2. The first-order valence-corrected chi connectivity index (χ1v) is 10.1. The van der Waals surface area contributed by atoms with Crippen molar-refractivity contribution in [3.05, 3.63) is 66.2 Å². The lowest BCUT2D eigenvalue weighted by Crippen LogP contribution is -2.44. The van der Waals surface area contributed by atoms with E-state index < -0.39 is 17.9 Å². The Balaban J connectivity index is 1.62. The smallest absolute Gasteiger partial charge is 0.326 e. The van der Waals surface area contributed by atoms with E-state index in [9.17, 15) is 19.1 Å². The number of aromatic nitrogens is 1. The van der Waals surface area contributed by atoms with Crippen LogP contribution in [-0.2, 0) is 4.79 Å². The number of halogens is 1. The van der Waals surface area contributed by atoms with Gasteiger partial charge in [0.1, 0.15) is 17.6 Å². The molecule has 0 aliphatic carbocycles. The van der Waals surface area contributed by atoms with Crippen LogP contribution in [0.4, 0.5) is 15.8 Å². The molecule has 8 nitrogen and oxygen atoms in total. The molecular formula is C22H21FN4O4S. The molecule has 0 spiro atoms. The number of benzene rings is 2. The second kappa shape index (κ2) is 10.0. The van der Waals surface area contributed by atoms with Gasteiger partial charge >= 0.3 is 5.97 Å². The fourth-order valence-corrected chi connectivity index (χ4v) is 3.06. The van der Waals surface area contributed by atoms with Crippen LogP contribution in [0.3, 0.4) is 0 Å². The zero-order chi connectivity index (χ0) is 23.3. The number of thiocarbonyl (C=S) groups is 1. The van der Waals surface area contributed by atoms with E-state index >= 15 is 0 Å². The SMILES string of the molecule is CC(C)C(NC(=O)c1cc(-c2ccc(NC(=S)Nc3cccc(F)c3)cc2)no1)C(=O)O. The molecule has 0 aliphatic rings. The molecule has 1 atom stereocenters. The highest BCUT2D eigenvalue weighted by atomic mass is 32.1. The van der Waals surface area contributed by atoms with Gasteiger partial charge in [-0.25, -0.2) is 9.18 Å². The quantitative estimate of drug-likeness (QED) is 0.392. The van der Waals surface area contributed by atoms with E-state index in [1.165, 1.54) is 18.2 Å². The van der Waals surface area contributed by atoms with Crippen molar-refractivity contribution in [3.63, 3.8) is 0 Å². The Hall–Kier alpha value is -3.79. The number of carbonyl (C=O) groups is 2. The third-order valence-electron chi connectivity index (χ3n) is 4.47. The largest absolute Gasteiger partial charge is 0.480 e. The fraction of sp³-hybridized carbons (Fsp3) is 0.182. The van der Waals surface area contributed by atoms with Crippen molar-refractivity contribution >= 4 is 40.6 Å². The summed E-state index contributed by atoms with van der Waals surface area (Å²) in [5, 5.41) is 21.7. The van der Waals surface area contributed by atoms with Crippen LogP contribution in [0.5, 0.6) is 0 Å². The molecule has 1 unspecified atom stereocenters. The minimum absolute atomic E-state index is 0.0884. The molecule has 0 fully saturated rings. The van der Waals surface area contributed by atoms with E-state index in [1.807, 2.05) is 0 Å². The Kier molecular flexibility index (Phi) is 7.16. The molecule has 0 saturated heterocycles.